The van der Waals surface area contributed by atoms with Gasteiger partial charge in [0.05, 0.1) is 16.7 Å². The van der Waals surface area contributed by atoms with Crippen LogP contribution < -0.4 is 0 Å². The van der Waals surface area contributed by atoms with Gasteiger partial charge < -0.3 is 9.51 Å². The van der Waals surface area contributed by atoms with Crippen LogP contribution in [-0.4, -0.2) is 14.5 Å². The number of nitrogens with zero attached hydrogens (tertiary/aromatic N) is 2. The van der Waals surface area contributed by atoms with E-state index in [1.54, 1.807) is 11.3 Å². The first-order valence-electron chi connectivity index (χ1n) is 6.41. The second kappa shape index (κ2) is 4.79. The number of hydrogen-bond donors (Lipinski definition) is 1. The number of aliphatic hydroxyl groups excluding tert-OH is 1. The van der Waals surface area contributed by atoms with Crippen molar-refractivity contribution in [2.24, 2.45) is 0 Å². The average molecular weight is 272 g/mol. The van der Waals surface area contributed by atoms with Crippen LogP contribution in [0.1, 0.15) is 30.7 Å². The number of aryl methyl sites for hydroxylation is 1. The molecule has 0 saturated carbocycles. The number of hydrogen-bond acceptors (Lipinski definition) is 3. The highest BCUT2D eigenvalue weighted by Crippen LogP contribution is 2.33. The maximum absolute atomic E-state index is 10.3. The number of aromatic nitrogens is 2. The Morgan fingerprint density at radius 2 is 2.21 bits per heavy atom. The molecule has 0 aliphatic heterocycles. The molecule has 19 heavy (non-hydrogen) atoms. The lowest BCUT2D eigenvalue weighted by Gasteiger charge is -2.10. The van der Waals surface area contributed by atoms with Gasteiger partial charge >= 0.3 is 0 Å². The van der Waals surface area contributed by atoms with Crippen molar-refractivity contribution in [1.82, 2.24) is 9.38 Å². The van der Waals surface area contributed by atoms with E-state index in [0.29, 0.717) is 6.42 Å². The molecule has 0 fully saturated rings. The second-order valence-electron chi connectivity index (χ2n) is 4.68. The van der Waals surface area contributed by atoms with Crippen LogP contribution in [0, 0.1) is 6.92 Å². The summed E-state index contributed by atoms with van der Waals surface area (Å²) in [4.78, 5) is 5.78. The van der Waals surface area contributed by atoms with Crippen LogP contribution in [-0.2, 0) is 0 Å². The summed E-state index contributed by atoms with van der Waals surface area (Å²) in [6, 6.07) is 8.10. The topological polar surface area (TPSA) is 37.5 Å². The van der Waals surface area contributed by atoms with Crippen LogP contribution in [0.2, 0.25) is 0 Å². The van der Waals surface area contributed by atoms with E-state index in [0.717, 1.165) is 27.5 Å². The maximum Gasteiger partial charge on any atom is 0.137 e. The molecule has 3 nitrogen and oxygen atoms in total. The Bertz CT molecular complexity index is 700. The van der Waals surface area contributed by atoms with Gasteiger partial charge in [0, 0.05) is 6.20 Å². The van der Waals surface area contributed by atoms with Gasteiger partial charge in [-0.15, -0.1) is 11.3 Å². The molecule has 0 bridgehead atoms. The van der Waals surface area contributed by atoms with Crippen LogP contribution in [0.5, 0.6) is 0 Å². The molecule has 0 aromatic carbocycles. The molecular formula is C15H16N2OS. The highest BCUT2D eigenvalue weighted by atomic mass is 32.1. The monoisotopic (exact) mass is 272 g/mol. The zero-order chi connectivity index (χ0) is 13.4. The van der Waals surface area contributed by atoms with E-state index in [1.807, 2.05) is 54.1 Å². The Morgan fingerprint density at radius 1 is 1.37 bits per heavy atom. The standard InChI is InChI=1S/C15H16N2OS/c1-3-11(18)15-14(12-5-4-8-19-12)16-13-7-6-10(2)9-17(13)15/h4-9,11,18H,3H2,1-2H3. The fraction of sp³-hybridized carbons (Fsp3) is 0.267. The van der Waals surface area contributed by atoms with Crippen molar-refractivity contribution in [3.05, 3.63) is 47.1 Å². The molecule has 0 aliphatic carbocycles. The lowest BCUT2D eigenvalue weighted by Crippen LogP contribution is -2.02. The van der Waals surface area contributed by atoms with E-state index in [4.69, 9.17) is 0 Å². The van der Waals surface area contributed by atoms with E-state index in [1.165, 1.54) is 0 Å². The minimum Gasteiger partial charge on any atom is -0.387 e. The molecule has 0 aliphatic rings. The molecule has 3 aromatic heterocycles. The summed E-state index contributed by atoms with van der Waals surface area (Å²) in [6.07, 6.45) is 2.22. The third-order valence-electron chi connectivity index (χ3n) is 3.26. The Labute approximate surface area is 116 Å². The van der Waals surface area contributed by atoms with E-state index < -0.39 is 6.10 Å². The summed E-state index contributed by atoms with van der Waals surface area (Å²) >= 11 is 1.65. The summed E-state index contributed by atoms with van der Waals surface area (Å²) in [5.41, 5.74) is 3.84. The van der Waals surface area contributed by atoms with Crippen molar-refractivity contribution in [2.75, 3.05) is 0 Å². The SMILES string of the molecule is CCC(O)c1c(-c2cccs2)nc2ccc(C)cn12. The smallest absolute Gasteiger partial charge is 0.137 e. The minimum absolute atomic E-state index is 0.492. The first-order chi connectivity index (χ1) is 9.20. The molecule has 1 unspecified atom stereocenters. The molecule has 98 valence electrons. The molecule has 0 amide bonds. The fourth-order valence-electron chi connectivity index (χ4n) is 2.28. The molecule has 1 N–H and O–H groups in total. The van der Waals surface area contributed by atoms with Gasteiger partial charge in [-0.2, -0.15) is 0 Å². The molecule has 3 rings (SSSR count). The lowest BCUT2D eigenvalue weighted by molar-refractivity contribution is 0.168. The van der Waals surface area contributed by atoms with Crippen molar-refractivity contribution in [1.29, 1.82) is 0 Å². The Kier molecular flexibility index (Phi) is 3.12. The van der Waals surface area contributed by atoms with Crippen LogP contribution in [0.4, 0.5) is 0 Å². The van der Waals surface area contributed by atoms with Crippen molar-refractivity contribution in [3.8, 4) is 10.6 Å². The van der Waals surface area contributed by atoms with Crippen molar-refractivity contribution < 1.29 is 5.11 Å². The predicted octanol–water partition coefficient (Wildman–Crippen LogP) is 3.81. The second-order valence-corrected chi connectivity index (χ2v) is 5.63. The van der Waals surface area contributed by atoms with Crippen molar-refractivity contribution in [2.45, 2.75) is 26.4 Å². The van der Waals surface area contributed by atoms with E-state index in [9.17, 15) is 5.11 Å². The summed E-state index contributed by atoms with van der Waals surface area (Å²) in [5, 5.41) is 12.4. The molecule has 3 aromatic rings. The molecule has 4 heteroatoms. The maximum atomic E-state index is 10.3. The van der Waals surface area contributed by atoms with Gasteiger partial charge in [0.1, 0.15) is 11.3 Å². The quantitative estimate of drug-likeness (QED) is 0.787. The number of rotatable bonds is 3. The fourth-order valence-corrected chi connectivity index (χ4v) is 3.00. The minimum atomic E-state index is -0.492. The molecule has 0 saturated heterocycles. The Morgan fingerprint density at radius 3 is 2.89 bits per heavy atom. The molecule has 0 radical (unpaired) electrons. The van der Waals surface area contributed by atoms with Gasteiger partial charge in [0.2, 0.25) is 0 Å². The number of aliphatic hydroxyl groups is 1. The number of imidazole rings is 1. The molecule has 3 heterocycles. The first kappa shape index (κ1) is 12.4. The highest BCUT2D eigenvalue weighted by Gasteiger charge is 2.20. The van der Waals surface area contributed by atoms with E-state index >= 15 is 0 Å². The normalized spacial score (nSPS) is 13.0. The van der Waals surface area contributed by atoms with Crippen LogP contribution >= 0.6 is 11.3 Å². The van der Waals surface area contributed by atoms with Gasteiger partial charge in [0.25, 0.3) is 0 Å². The first-order valence-corrected chi connectivity index (χ1v) is 7.29. The number of fused-ring (bicyclic) bond motifs is 1. The van der Waals surface area contributed by atoms with Crippen LogP contribution in [0.3, 0.4) is 0 Å². The predicted molar refractivity (Wildman–Crippen MR) is 78.5 cm³/mol. The zero-order valence-electron chi connectivity index (χ0n) is 11.0. The lowest BCUT2D eigenvalue weighted by atomic mass is 10.1. The summed E-state index contributed by atoms with van der Waals surface area (Å²) in [6.45, 7) is 4.03. The average Bonchev–Trinajstić information content (AvgIpc) is 3.03. The van der Waals surface area contributed by atoms with Gasteiger partial charge in [-0.1, -0.05) is 19.1 Å². The summed E-state index contributed by atoms with van der Waals surface area (Å²) < 4.78 is 2.01. The third kappa shape index (κ3) is 2.07. The Balaban J connectivity index is 2.32. The van der Waals surface area contributed by atoms with Gasteiger partial charge in [-0.05, 0) is 36.4 Å². The molecule has 0 spiro atoms. The van der Waals surface area contributed by atoms with Crippen molar-refractivity contribution >= 4 is 17.0 Å². The number of thiophene rings is 1. The summed E-state index contributed by atoms with van der Waals surface area (Å²) in [7, 11) is 0. The van der Waals surface area contributed by atoms with Crippen LogP contribution in [0.25, 0.3) is 16.2 Å². The zero-order valence-corrected chi connectivity index (χ0v) is 11.8. The van der Waals surface area contributed by atoms with Gasteiger partial charge in [-0.3, -0.25) is 0 Å². The van der Waals surface area contributed by atoms with Crippen LogP contribution in [0.15, 0.2) is 35.8 Å². The summed E-state index contributed by atoms with van der Waals surface area (Å²) in [5.74, 6) is 0. The Hall–Kier alpha value is -1.65. The van der Waals surface area contributed by atoms with Crippen molar-refractivity contribution in [3.63, 3.8) is 0 Å². The third-order valence-corrected chi connectivity index (χ3v) is 4.14. The highest BCUT2D eigenvalue weighted by molar-refractivity contribution is 7.13. The molecule has 1 atom stereocenters. The van der Waals surface area contributed by atoms with E-state index in [2.05, 4.69) is 4.98 Å². The van der Waals surface area contributed by atoms with Gasteiger partial charge in [0.15, 0.2) is 0 Å². The van der Waals surface area contributed by atoms with Gasteiger partial charge in [-0.25, -0.2) is 4.98 Å². The number of pyridine rings is 1. The van der Waals surface area contributed by atoms with E-state index in [-0.39, 0.29) is 0 Å². The largest absolute Gasteiger partial charge is 0.387 e. The molecular weight excluding hydrogens is 256 g/mol.